The van der Waals surface area contributed by atoms with E-state index < -0.39 is 24.4 Å². The molecule has 31 heavy (non-hydrogen) atoms. The van der Waals surface area contributed by atoms with Crippen molar-refractivity contribution >= 4 is 51.6 Å². The number of carbonyl (C=O) groups is 3. The summed E-state index contributed by atoms with van der Waals surface area (Å²) in [6.45, 7) is -0.591. The molecule has 1 N–H and O–H groups in total. The van der Waals surface area contributed by atoms with Crippen molar-refractivity contribution in [2.45, 2.75) is 0 Å². The fraction of sp³-hybridized carbons (Fsp3) is 0.0909. The molecule has 1 aromatic carbocycles. The van der Waals surface area contributed by atoms with E-state index in [1.54, 1.807) is 60.3 Å². The molecule has 3 aromatic heterocycles. The standard InChI is InChI=1S/C22H16ClN3O4S/c1-26-10-4-7-17(26)21(28)25-20(27)12-30-22(29)14-11-16(18-8-9-19(23)31-18)24-15-6-3-2-5-13(14)15/h2-11H,12H2,1H3,(H,25,27,28). The maximum Gasteiger partial charge on any atom is 0.339 e. The van der Waals surface area contributed by atoms with Crippen molar-refractivity contribution in [2.24, 2.45) is 7.05 Å². The number of benzene rings is 1. The van der Waals surface area contributed by atoms with Gasteiger partial charge in [0, 0.05) is 18.6 Å². The van der Waals surface area contributed by atoms with E-state index in [0.717, 1.165) is 4.88 Å². The Morgan fingerprint density at radius 3 is 2.65 bits per heavy atom. The van der Waals surface area contributed by atoms with Crippen LogP contribution in [-0.4, -0.2) is 33.9 Å². The number of imide groups is 1. The molecular formula is C22H16ClN3O4S. The molecule has 0 radical (unpaired) electrons. The molecule has 0 saturated carbocycles. The monoisotopic (exact) mass is 453 g/mol. The number of pyridine rings is 1. The summed E-state index contributed by atoms with van der Waals surface area (Å²) in [5.41, 5.74) is 1.77. The Kier molecular flexibility index (Phi) is 5.83. The Morgan fingerprint density at radius 1 is 1.13 bits per heavy atom. The number of aromatic nitrogens is 2. The molecule has 0 fully saturated rings. The molecule has 0 atom stereocenters. The van der Waals surface area contributed by atoms with Crippen LogP contribution in [0.1, 0.15) is 20.8 Å². The minimum absolute atomic E-state index is 0.270. The Labute approximate surface area is 186 Å². The Morgan fingerprint density at radius 2 is 1.94 bits per heavy atom. The first-order chi connectivity index (χ1) is 14.9. The number of esters is 1. The van der Waals surface area contributed by atoms with E-state index in [1.807, 2.05) is 12.1 Å². The second-order valence-corrected chi connectivity index (χ2v) is 8.35. The van der Waals surface area contributed by atoms with Crippen LogP contribution in [0, 0.1) is 0 Å². The van der Waals surface area contributed by atoms with Gasteiger partial charge in [0.15, 0.2) is 6.61 Å². The van der Waals surface area contributed by atoms with Crippen molar-refractivity contribution in [1.29, 1.82) is 0 Å². The van der Waals surface area contributed by atoms with Gasteiger partial charge in [-0.05, 0) is 36.4 Å². The normalized spacial score (nSPS) is 10.8. The van der Waals surface area contributed by atoms with Crippen LogP contribution in [0.25, 0.3) is 21.5 Å². The van der Waals surface area contributed by atoms with Gasteiger partial charge in [0.25, 0.3) is 11.8 Å². The predicted molar refractivity (Wildman–Crippen MR) is 118 cm³/mol. The molecular weight excluding hydrogens is 438 g/mol. The van der Waals surface area contributed by atoms with Crippen molar-refractivity contribution in [2.75, 3.05) is 6.61 Å². The fourth-order valence-electron chi connectivity index (χ4n) is 3.06. The highest BCUT2D eigenvalue weighted by Crippen LogP contribution is 2.32. The number of fused-ring (bicyclic) bond motifs is 1. The number of hydrogen-bond acceptors (Lipinski definition) is 6. The molecule has 0 bridgehead atoms. The lowest BCUT2D eigenvalue weighted by atomic mass is 10.1. The van der Waals surface area contributed by atoms with Crippen LogP contribution < -0.4 is 5.32 Å². The zero-order chi connectivity index (χ0) is 22.0. The number of hydrogen-bond donors (Lipinski definition) is 1. The number of carbonyl (C=O) groups excluding carboxylic acids is 3. The third-order valence-electron chi connectivity index (χ3n) is 4.53. The molecule has 7 nitrogen and oxygen atoms in total. The molecule has 4 aromatic rings. The zero-order valence-corrected chi connectivity index (χ0v) is 17.9. The van der Waals surface area contributed by atoms with Crippen molar-refractivity contribution in [1.82, 2.24) is 14.9 Å². The van der Waals surface area contributed by atoms with Gasteiger partial charge in [0.2, 0.25) is 0 Å². The molecule has 0 aliphatic carbocycles. The van der Waals surface area contributed by atoms with Crippen LogP contribution in [-0.2, 0) is 16.6 Å². The number of rotatable bonds is 5. The smallest absolute Gasteiger partial charge is 0.339 e. The molecule has 3 heterocycles. The van der Waals surface area contributed by atoms with Crippen molar-refractivity contribution < 1.29 is 19.1 Å². The highest BCUT2D eigenvalue weighted by atomic mass is 35.5. The average molecular weight is 454 g/mol. The molecule has 0 spiro atoms. The Balaban J connectivity index is 1.52. The van der Waals surface area contributed by atoms with Gasteiger partial charge in [0.1, 0.15) is 5.69 Å². The van der Waals surface area contributed by atoms with Gasteiger partial charge in [-0.15, -0.1) is 11.3 Å². The number of thiophene rings is 1. The van der Waals surface area contributed by atoms with Crippen LogP contribution in [0.15, 0.2) is 60.8 Å². The summed E-state index contributed by atoms with van der Waals surface area (Å²) in [7, 11) is 1.69. The van der Waals surface area contributed by atoms with E-state index >= 15 is 0 Å². The maximum absolute atomic E-state index is 12.8. The highest BCUT2D eigenvalue weighted by molar-refractivity contribution is 7.19. The molecule has 0 saturated heterocycles. The summed E-state index contributed by atoms with van der Waals surface area (Å²) in [4.78, 5) is 42.4. The molecule has 0 aliphatic rings. The minimum atomic E-state index is -0.719. The van der Waals surface area contributed by atoms with E-state index in [1.165, 1.54) is 11.3 Å². The number of halogens is 1. The Bertz CT molecular complexity index is 1310. The van der Waals surface area contributed by atoms with E-state index in [9.17, 15) is 14.4 Å². The summed E-state index contributed by atoms with van der Waals surface area (Å²) in [5, 5.41) is 2.80. The van der Waals surface area contributed by atoms with Gasteiger partial charge in [-0.3, -0.25) is 14.9 Å². The average Bonchev–Trinajstić information content (AvgIpc) is 3.39. The first-order valence-electron chi connectivity index (χ1n) is 9.20. The number of nitrogens with zero attached hydrogens (tertiary/aromatic N) is 2. The van der Waals surface area contributed by atoms with Gasteiger partial charge in [-0.2, -0.15) is 0 Å². The molecule has 2 amide bonds. The van der Waals surface area contributed by atoms with E-state index in [-0.39, 0.29) is 5.56 Å². The highest BCUT2D eigenvalue weighted by Gasteiger charge is 2.19. The minimum Gasteiger partial charge on any atom is -0.452 e. The first-order valence-corrected chi connectivity index (χ1v) is 10.4. The number of para-hydroxylation sites is 1. The lowest BCUT2D eigenvalue weighted by molar-refractivity contribution is -0.123. The van der Waals surface area contributed by atoms with Crippen molar-refractivity contribution in [3.63, 3.8) is 0 Å². The summed E-state index contributed by atoms with van der Waals surface area (Å²) < 4.78 is 7.37. The fourth-order valence-corrected chi connectivity index (χ4v) is 4.06. The second kappa shape index (κ2) is 8.71. The number of nitrogens with one attached hydrogen (secondary N) is 1. The van der Waals surface area contributed by atoms with Crippen LogP contribution >= 0.6 is 22.9 Å². The predicted octanol–water partition coefficient (Wildman–Crippen LogP) is 4.07. The second-order valence-electron chi connectivity index (χ2n) is 6.63. The van der Waals surface area contributed by atoms with E-state index in [4.69, 9.17) is 16.3 Å². The van der Waals surface area contributed by atoms with Gasteiger partial charge in [-0.1, -0.05) is 29.8 Å². The van der Waals surface area contributed by atoms with Gasteiger partial charge < -0.3 is 9.30 Å². The summed E-state index contributed by atoms with van der Waals surface area (Å²) in [5.74, 6) is -1.98. The van der Waals surface area contributed by atoms with Crippen molar-refractivity contribution in [3.8, 4) is 10.6 Å². The number of ether oxygens (including phenoxy) is 1. The largest absolute Gasteiger partial charge is 0.452 e. The van der Waals surface area contributed by atoms with E-state index in [2.05, 4.69) is 10.3 Å². The number of amides is 2. The third kappa shape index (κ3) is 4.50. The number of aryl methyl sites for hydroxylation is 1. The summed E-state index contributed by atoms with van der Waals surface area (Å²) in [6.07, 6.45) is 1.69. The lowest BCUT2D eigenvalue weighted by Crippen LogP contribution is -2.35. The van der Waals surface area contributed by atoms with Gasteiger partial charge in [0.05, 0.1) is 26.0 Å². The first kappa shape index (κ1) is 20.8. The zero-order valence-electron chi connectivity index (χ0n) is 16.3. The Hall–Kier alpha value is -3.49. The van der Waals surface area contributed by atoms with E-state index in [0.29, 0.717) is 26.6 Å². The van der Waals surface area contributed by atoms with Crippen molar-refractivity contribution in [3.05, 3.63) is 76.4 Å². The van der Waals surface area contributed by atoms with Gasteiger partial charge >= 0.3 is 5.97 Å². The third-order valence-corrected chi connectivity index (χ3v) is 5.78. The van der Waals surface area contributed by atoms with Crippen LogP contribution in [0.2, 0.25) is 4.34 Å². The SMILES string of the molecule is Cn1cccc1C(=O)NC(=O)COC(=O)c1cc(-c2ccc(Cl)s2)nc2ccccc12. The summed E-state index contributed by atoms with van der Waals surface area (Å²) in [6, 6.07) is 15.6. The van der Waals surface area contributed by atoms with Gasteiger partial charge in [-0.25, -0.2) is 9.78 Å². The lowest BCUT2D eigenvalue weighted by Gasteiger charge is -2.10. The topological polar surface area (TPSA) is 90.3 Å². The van der Waals surface area contributed by atoms with Crippen LogP contribution in [0.4, 0.5) is 0 Å². The molecule has 0 aliphatic heterocycles. The molecule has 156 valence electrons. The quantitative estimate of drug-likeness (QED) is 0.460. The maximum atomic E-state index is 12.8. The summed E-state index contributed by atoms with van der Waals surface area (Å²) >= 11 is 7.37. The molecule has 9 heteroatoms. The molecule has 0 unspecified atom stereocenters. The van der Waals surface area contributed by atoms with Crippen LogP contribution in [0.5, 0.6) is 0 Å². The van der Waals surface area contributed by atoms with Crippen LogP contribution in [0.3, 0.4) is 0 Å². The molecule has 4 rings (SSSR count).